The molecule has 1 N–H and O–H groups in total. The van der Waals surface area contributed by atoms with Crippen molar-refractivity contribution in [1.82, 2.24) is 0 Å². The third-order valence-corrected chi connectivity index (χ3v) is 3.61. The molecule has 0 aromatic heterocycles. The van der Waals surface area contributed by atoms with Crippen LogP contribution in [-0.2, 0) is 4.74 Å². The van der Waals surface area contributed by atoms with Crippen molar-refractivity contribution in [2.75, 3.05) is 6.61 Å². The van der Waals surface area contributed by atoms with Gasteiger partial charge in [-0.2, -0.15) is 0 Å². The van der Waals surface area contributed by atoms with E-state index in [1.54, 1.807) is 0 Å². The molecular formula is C18H24O3. The maximum absolute atomic E-state index is 8.82. The molecule has 1 unspecified atom stereocenters. The normalized spacial score (nSPS) is 22.4. The van der Waals surface area contributed by atoms with Crippen molar-refractivity contribution < 1.29 is 14.6 Å². The van der Waals surface area contributed by atoms with Crippen LogP contribution in [0.5, 0.6) is 5.75 Å². The summed E-state index contributed by atoms with van der Waals surface area (Å²) in [5.74, 6) is 6.78. The molecule has 1 heterocycles. The van der Waals surface area contributed by atoms with Gasteiger partial charge in [-0.05, 0) is 39.8 Å². The molecule has 1 aliphatic rings. The molecule has 1 aromatic carbocycles. The van der Waals surface area contributed by atoms with Crippen molar-refractivity contribution in [3.05, 3.63) is 29.8 Å². The van der Waals surface area contributed by atoms with Crippen LogP contribution in [0.15, 0.2) is 24.3 Å². The number of aliphatic hydroxyl groups excluding tert-OH is 1. The molecule has 0 aliphatic carbocycles. The van der Waals surface area contributed by atoms with Crippen LogP contribution < -0.4 is 4.74 Å². The Labute approximate surface area is 127 Å². The van der Waals surface area contributed by atoms with Crippen LogP contribution >= 0.6 is 0 Å². The zero-order valence-electron chi connectivity index (χ0n) is 13.3. The minimum Gasteiger partial charge on any atom is -0.486 e. The van der Waals surface area contributed by atoms with Crippen LogP contribution in [0.3, 0.4) is 0 Å². The molecular weight excluding hydrogens is 264 g/mol. The summed E-state index contributed by atoms with van der Waals surface area (Å²) in [6.45, 7) is 8.38. The third kappa shape index (κ3) is 4.00. The van der Waals surface area contributed by atoms with E-state index in [1.807, 2.05) is 24.3 Å². The summed E-state index contributed by atoms with van der Waals surface area (Å²) in [6, 6.07) is 7.76. The Balaban J connectivity index is 2.19. The van der Waals surface area contributed by atoms with Gasteiger partial charge in [-0.25, -0.2) is 0 Å². The van der Waals surface area contributed by atoms with E-state index in [2.05, 4.69) is 39.5 Å². The number of aliphatic hydroxyl groups is 1. The molecule has 1 atom stereocenters. The summed E-state index contributed by atoms with van der Waals surface area (Å²) in [4.78, 5) is 0. The first-order valence-corrected chi connectivity index (χ1v) is 7.40. The van der Waals surface area contributed by atoms with E-state index in [0.29, 0.717) is 6.42 Å². The molecule has 1 fully saturated rings. The maximum Gasteiger partial charge on any atom is 0.135 e. The largest absolute Gasteiger partial charge is 0.486 e. The molecule has 3 nitrogen and oxygen atoms in total. The first-order valence-electron chi connectivity index (χ1n) is 7.40. The highest BCUT2D eigenvalue weighted by Gasteiger charge is 2.47. The van der Waals surface area contributed by atoms with Crippen LogP contribution in [0.1, 0.15) is 46.1 Å². The van der Waals surface area contributed by atoms with E-state index in [4.69, 9.17) is 14.6 Å². The van der Waals surface area contributed by atoms with E-state index in [9.17, 15) is 0 Å². The number of benzene rings is 1. The molecule has 114 valence electrons. The van der Waals surface area contributed by atoms with E-state index >= 15 is 0 Å². The van der Waals surface area contributed by atoms with Crippen molar-refractivity contribution >= 4 is 0 Å². The number of ether oxygens (including phenoxy) is 2. The molecule has 0 spiro atoms. The predicted octanol–water partition coefficient (Wildman–Crippen LogP) is 3.15. The molecule has 2 rings (SSSR count). The standard InChI is InChI=1S/C18H24O3/c1-17(2)13-16(18(3,4)21-17)20-15-11-6-5-9-14(15)10-7-8-12-19/h5-6,9,11,16,19H,8,12-13H2,1-4H3. The summed E-state index contributed by atoms with van der Waals surface area (Å²) >= 11 is 0. The molecule has 21 heavy (non-hydrogen) atoms. The molecule has 0 amide bonds. The van der Waals surface area contributed by atoms with Gasteiger partial charge in [0.25, 0.3) is 0 Å². The fourth-order valence-electron chi connectivity index (χ4n) is 2.73. The number of para-hydroxylation sites is 1. The Kier molecular flexibility index (Phi) is 4.61. The third-order valence-electron chi connectivity index (χ3n) is 3.61. The molecule has 1 aliphatic heterocycles. The van der Waals surface area contributed by atoms with Crippen molar-refractivity contribution in [2.24, 2.45) is 0 Å². The molecule has 1 saturated heterocycles. The SMILES string of the molecule is CC1(C)CC(Oc2ccccc2C#CCCO)C(C)(C)O1. The van der Waals surface area contributed by atoms with Gasteiger partial charge in [-0.3, -0.25) is 0 Å². The lowest BCUT2D eigenvalue weighted by molar-refractivity contribution is -0.0846. The highest BCUT2D eigenvalue weighted by molar-refractivity contribution is 5.46. The Morgan fingerprint density at radius 2 is 2.00 bits per heavy atom. The summed E-state index contributed by atoms with van der Waals surface area (Å²) in [5.41, 5.74) is 0.354. The monoisotopic (exact) mass is 288 g/mol. The summed E-state index contributed by atoms with van der Waals surface area (Å²) in [5, 5.41) is 8.82. The van der Waals surface area contributed by atoms with Crippen LogP contribution in [0.4, 0.5) is 0 Å². The van der Waals surface area contributed by atoms with E-state index in [-0.39, 0.29) is 23.9 Å². The highest BCUT2D eigenvalue weighted by Crippen LogP contribution is 2.39. The zero-order chi connectivity index (χ0) is 15.5. The van der Waals surface area contributed by atoms with Gasteiger partial charge in [0.15, 0.2) is 0 Å². The summed E-state index contributed by atoms with van der Waals surface area (Å²) in [6.07, 6.45) is 1.31. The minimum absolute atomic E-state index is 0.00621. The number of hydrogen-bond acceptors (Lipinski definition) is 3. The quantitative estimate of drug-likeness (QED) is 0.868. The second-order valence-corrected chi connectivity index (χ2v) is 6.55. The van der Waals surface area contributed by atoms with Crippen LogP contribution in [0.25, 0.3) is 0 Å². The molecule has 0 saturated carbocycles. The van der Waals surface area contributed by atoms with Crippen molar-refractivity contribution in [2.45, 2.75) is 57.8 Å². The number of rotatable bonds is 3. The lowest BCUT2D eigenvalue weighted by atomic mass is 9.97. The molecule has 0 radical (unpaired) electrons. The van der Waals surface area contributed by atoms with Crippen molar-refractivity contribution in [1.29, 1.82) is 0 Å². The van der Waals surface area contributed by atoms with Gasteiger partial charge in [0.1, 0.15) is 17.5 Å². The topological polar surface area (TPSA) is 38.7 Å². The smallest absolute Gasteiger partial charge is 0.135 e. The molecule has 1 aromatic rings. The highest BCUT2D eigenvalue weighted by atomic mass is 16.6. The first-order chi connectivity index (χ1) is 9.84. The zero-order valence-corrected chi connectivity index (χ0v) is 13.3. The molecule has 3 heteroatoms. The Morgan fingerprint density at radius 1 is 1.29 bits per heavy atom. The second-order valence-electron chi connectivity index (χ2n) is 6.55. The predicted molar refractivity (Wildman–Crippen MR) is 83.3 cm³/mol. The maximum atomic E-state index is 8.82. The lowest BCUT2D eigenvalue weighted by Crippen LogP contribution is -2.36. The molecule has 0 bridgehead atoms. The summed E-state index contributed by atoms with van der Waals surface area (Å²) in [7, 11) is 0. The van der Waals surface area contributed by atoms with Gasteiger partial charge >= 0.3 is 0 Å². The van der Waals surface area contributed by atoms with Gasteiger partial charge in [0, 0.05) is 12.8 Å². The fourth-order valence-corrected chi connectivity index (χ4v) is 2.73. The Bertz CT molecular complexity index is 549. The van der Waals surface area contributed by atoms with Crippen LogP contribution in [0.2, 0.25) is 0 Å². The van der Waals surface area contributed by atoms with Gasteiger partial charge in [0.2, 0.25) is 0 Å². The van der Waals surface area contributed by atoms with E-state index in [1.165, 1.54) is 0 Å². The van der Waals surface area contributed by atoms with Gasteiger partial charge < -0.3 is 14.6 Å². The minimum atomic E-state index is -0.324. The fraction of sp³-hybridized carbons (Fsp3) is 0.556. The summed E-state index contributed by atoms with van der Waals surface area (Å²) < 4.78 is 12.3. The lowest BCUT2D eigenvalue weighted by Gasteiger charge is -2.27. The van der Waals surface area contributed by atoms with Gasteiger partial charge in [-0.15, -0.1) is 0 Å². The Hall–Kier alpha value is -1.50. The van der Waals surface area contributed by atoms with Crippen LogP contribution in [0, 0.1) is 11.8 Å². The van der Waals surface area contributed by atoms with E-state index in [0.717, 1.165) is 17.7 Å². The average molecular weight is 288 g/mol. The van der Waals surface area contributed by atoms with Gasteiger partial charge in [-0.1, -0.05) is 24.0 Å². The van der Waals surface area contributed by atoms with Crippen molar-refractivity contribution in [3.8, 4) is 17.6 Å². The second kappa shape index (κ2) is 6.09. The average Bonchev–Trinajstić information content (AvgIpc) is 2.59. The number of hydrogen-bond donors (Lipinski definition) is 1. The Morgan fingerprint density at radius 3 is 2.62 bits per heavy atom. The first kappa shape index (κ1) is 15.9. The van der Waals surface area contributed by atoms with Crippen LogP contribution in [-0.4, -0.2) is 29.0 Å². The van der Waals surface area contributed by atoms with E-state index < -0.39 is 0 Å². The van der Waals surface area contributed by atoms with Gasteiger partial charge in [0.05, 0.1) is 17.8 Å². The van der Waals surface area contributed by atoms with Crippen molar-refractivity contribution in [3.63, 3.8) is 0 Å².